The van der Waals surface area contributed by atoms with Crippen molar-refractivity contribution in [3.05, 3.63) is 47.8 Å². The molecule has 1 fully saturated rings. The van der Waals surface area contributed by atoms with E-state index >= 15 is 0 Å². The summed E-state index contributed by atoms with van der Waals surface area (Å²) in [4.78, 5) is 14.2. The zero-order chi connectivity index (χ0) is 15.0. The van der Waals surface area contributed by atoms with Gasteiger partial charge in [-0.3, -0.25) is 4.79 Å². The number of carbonyl (C=O) groups is 1. The summed E-state index contributed by atoms with van der Waals surface area (Å²) in [5, 5.41) is 14.0. The quantitative estimate of drug-likeness (QED) is 0.878. The summed E-state index contributed by atoms with van der Waals surface area (Å²) < 4.78 is 13.8. The monoisotopic (exact) mass is 288 g/mol. The maximum Gasteiger partial charge on any atom is 0.254 e. The summed E-state index contributed by atoms with van der Waals surface area (Å²) in [6.45, 7) is 1.04. The van der Waals surface area contributed by atoms with Crippen LogP contribution < -0.4 is 5.32 Å². The van der Waals surface area contributed by atoms with Crippen LogP contribution in [0.25, 0.3) is 10.8 Å². The van der Waals surface area contributed by atoms with Crippen molar-refractivity contribution >= 4 is 16.7 Å². The predicted octanol–water partition coefficient (Wildman–Crippen LogP) is 1.38. The maximum absolute atomic E-state index is 13.8. The lowest BCUT2D eigenvalue weighted by Crippen LogP contribution is -2.44. The minimum atomic E-state index is -0.578. The van der Waals surface area contributed by atoms with Crippen LogP contribution in [-0.2, 0) is 0 Å². The molecule has 2 atom stereocenters. The third-order valence-electron chi connectivity index (χ3n) is 4.07. The second-order valence-electron chi connectivity index (χ2n) is 5.35. The Morgan fingerprint density at radius 1 is 1.24 bits per heavy atom. The van der Waals surface area contributed by atoms with E-state index in [9.17, 15) is 14.3 Å². The minimum Gasteiger partial charge on any atom is -0.390 e. The van der Waals surface area contributed by atoms with Crippen LogP contribution in [-0.4, -0.2) is 48.2 Å². The fourth-order valence-corrected chi connectivity index (χ4v) is 2.84. The first-order valence-electron chi connectivity index (χ1n) is 6.93. The molecule has 0 radical (unpaired) electrons. The largest absolute Gasteiger partial charge is 0.390 e. The van der Waals surface area contributed by atoms with Crippen LogP contribution in [0.3, 0.4) is 0 Å². The van der Waals surface area contributed by atoms with E-state index in [1.165, 1.54) is 17.0 Å². The average Bonchev–Trinajstić information content (AvgIpc) is 2.93. The number of aliphatic hydroxyl groups excluding tert-OH is 1. The van der Waals surface area contributed by atoms with Gasteiger partial charge in [0, 0.05) is 31.1 Å². The van der Waals surface area contributed by atoms with Gasteiger partial charge in [0.1, 0.15) is 5.82 Å². The minimum absolute atomic E-state index is 0.209. The molecule has 2 N–H and O–H groups in total. The molecule has 2 aromatic carbocycles. The number of fused-ring (bicyclic) bond motifs is 1. The van der Waals surface area contributed by atoms with Gasteiger partial charge in [-0.1, -0.05) is 24.3 Å². The highest BCUT2D eigenvalue weighted by Crippen LogP contribution is 2.23. The summed E-state index contributed by atoms with van der Waals surface area (Å²) in [6.07, 6.45) is -0.578. The molecule has 1 heterocycles. The zero-order valence-corrected chi connectivity index (χ0v) is 11.7. The molecule has 1 saturated heterocycles. The number of nitrogens with zero attached hydrogens (tertiary/aromatic N) is 1. The van der Waals surface area contributed by atoms with Crippen LogP contribution in [0.4, 0.5) is 4.39 Å². The van der Waals surface area contributed by atoms with Crippen LogP contribution in [0.1, 0.15) is 10.4 Å². The van der Waals surface area contributed by atoms with Gasteiger partial charge in [0.25, 0.3) is 5.91 Å². The number of rotatable bonds is 2. The number of carbonyl (C=O) groups excluding carboxylic acids is 1. The molecule has 21 heavy (non-hydrogen) atoms. The second-order valence-corrected chi connectivity index (χ2v) is 5.35. The standard InChI is InChI=1S/C16H17FN2O2/c1-19(14-8-18-9-15(14)20)16(21)12-6-7-13(17)11-5-3-2-4-10(11)12/h2-7,14-15,18,20H,8-9H2,1H3/t14-,15-/m1/s1. The first-order chi connectivity index (χ1) is 10.1. The highest BCUT2D eigenvalue weighted by atomic mass is 19.1. The topological polar surface area (TPSA) is 52.6 Å². The number of likely N-dealkylation sites (N-methyl/N-ethyl adjacent to an activating group) is 1. The van der Waals surface area contributed by atoms with Crippen molar-refractivity contribution in [2.24, 2.45) is 0 Å². The molecule has 0 bridgehead atoms. The number of hydrogen-bond acceptors (Lipinski definition) is 3. The summed E-state index contributed by atoms with van der Waals surface area (Å²) in [6, 6.07) is 9.48. The molecule has 5 heteroatoms. The maximum atomic E-state index is 13.8. The molecule has 1 aliphatic rings. The molecular formula is C16H17FN2O2. The summed E-state index contributed by atoms with van der Waals surface area (Å²) >= 11 is 0. The van der Waals surface area contributed by atoms with Crippen molar-refractivity contribution in [3.63, 3.8) is 0 Å². The molecule has 0 saturated carbocycles. The molecule has 0 aromatic heterocycles. The number of nitrogens with one attached hydrogen (secondary N) is 1. The smallest absolute Gasteiger partial charge is 0.254 e. The summed E-state index contributed by atoms with van der Waals surface area (Å²) in [5.41, 5.74) is 0.452. The highest BCUT2D eigenvalue weighted by Gasteiger charge is 2.32. The summed E-state index contributed by atoms with van der Waals surface area (Å²) in [5.74, 6) is -0.550. The number of hydrogen-bond donors (Lipinski definition) is 2. The molecule has 0 spiro atoms. The van der Waals surface area contributed by atoms with Gasteiger partial charge >= 0.3 is 0 Å². The molecule has 1 amide bonds. The van der Waals surface area contributed by atoms with E-state index in [-0.39, 0.29) is 17.8 Å². The van der Waals surface area contributed by atoms with E-state index in [2.05, 4.69) is 5.32 Å². The fourth-order valence-electron chi connectivity index (χ4n) is 2.84. The van der Waals surface area contributed by atoms with Gasteiger partial charge in [-0.25, -0.2) is 4.39 Å². The van der Waals surface area contributed by atoms with Crippen LogP contribution in [0.15, 0.2) is 36.4 Å². The van der Waals surface area contributed by atoms with Crippen molar-refractivity contribution in [1.29, 1.82) is 0 Å². The van der Waals surface area contributed by atoms with Crippen molar-refractivity contribution < 1.29 is 14.3 Å². The average molecular weight is 288 g/mol. The first kappa shape index (κ1) is 14.0. The molecule has 4 nitrogen and oxygen atoms in total. The Morgan fingerprint density at radius 3 is 2.62 bits per heavy atom. The lowest BCUT2D eigenvalue weighted by Gasteiger charge is -2.27. The van der Waals surface area contributed by atoms with E-state index in [1.807, 2.05) is 0 Å². The Kier molecular flexibility index (Phi) is 3.61. The highest BCUT2D eigenvalue weighted by molar-refractivity contribution is 6.07. The molecule has 0 unspecified atom stereocenters. The van der Waals surface area contributed by atoms with Crippen LogP contribution in [0, 0.1) is 5.82 Å². The van der Waals surface area contributed by atoms with E-state index in [0.717, 1.165) is 0 Å². The number of β-amino-alcohol motifs (C(OH)–C–C–N with tert-alkyl or cyclic N) is 1. The van der Waals surface area contributed by atoms with Gasteiger partial charge in [-0.05, 0) is 17.5 Å². The van der Waals surface area contributed by atoms with Gasteiger partial charge in [0.15, 0.2) is 0 Å². The third kappa shape index (κ3) is 2.39. The molecule has 110 valence electrons. The predicted molar refractivity (Wildman–Crippen MR) is 78.7 cm³/mol. The molecule has 0 aliphatic carbocycles. The lowest BCUT2D eigenvalue weighted by atomic mass is 10.0. The van der Waals surface area contributed by atoms with Crippen molar-refractivity contribution in [1.82, 2.24) is 10.2 Å². The van der Waals surface area contributed by atoms with Crippen LogP contribution in [0.2, 0.25) is 0 Å². The van der Waals surface area contributed by atoms with E-state index < -0.39 is 6.10 Å². The second kappa shape index (κ2) is 5.42. The van der Waals surface area contributed by atoms with Crippen LogP contribution >= 0.6 is 0 Å². The molecular weight excluding hydrogens is 271 g/mol. The summed E-state index contributed by atoms with van der Waals surface area (Å²) in [7, 11) is 1.67. The number of halogens is 1. The number of aliphatic hydroxyl groups is 1. The normalized spacial score (nSPS) is 21.7. The van der Waals surface area contributed by atoms with Crippen molar-refractivity contribution in [3.8, 4) is 0 Å². The Bertz CT molecular complexity index is 689. The van der Waals surface area contributed by atoms with E-state index in [4.69, 9.17) is 0 Å². The molecule has 2 aromatic rings. The Labute approximate surface area is 122 Å². The Hall–Kier alpha value is -1.98. The van der Waals surface area contributed by atoms with Gasteiger partial charge in [0.05, 0.1) is 12.1 Å². The number of benzene rings is 2. The van der Waals surface area contributed by atoms with Crippen molar-refractivity contribution in [2.45, 2.75) is 12.1 Å². The van der Waals surface area contributed by atoms with Gasteiger partial charge < -0.3 is 15.3 Å². The first-order valence-corrected chi connectivity index (χ1v) is 6.93. The fraction of sp³-hybridized carbons (Fsp3) is 0.312. The van der Waals surface area contributed by atoms with Crippen LogP contribution in [0.5, 0.6) is 0 Å². The SMILES string of the molecule is CN(C(=O)c1ccc(F)c2ccccc12)[C@@H]1CNC[C@H]1O. The van der Waals surface area contributed by atoms with E-state index in [0.29, 0.717) is 29.4 Å². The Morgan fingerprint density at radius 2 is 1.95 bits per heavy atom. The van der Waals surface area contributed by atoms with Gasteiger partial charge in [0.2, 0.25) is 0 Å². The zero-order valence-electron chi connectivity index (χ0n) is 11.7. The third-order valence-corrected chi connectivity index (χ3v) is 4.07. The lowest BCUT2D eigenvalue weighted by molar-refractivity contribution is 0.0583. The van der Waals surface area contributed by atoms with Crippen molar-refractivity contribution in [2.75, 3.05) is 20.1 Å². The Balaban J connectivity index is 2.00. The number of amides is 1. The van der Waals surface area contributed by atoms with Gasteiger partial charge in [-0.15, -0.1) is 0 Å². The molecule has 1 aliphatic heterocycles. The van der Waals surface area contributed by atoms with Gasteiger partial charge in [-0.2, -0.15) is 0 Å². The van der Waals surface area contributed by atoms with E-state index in [1.54, 1.807) is 31.3 Å². The molecule has 3 rings (SSSR count).